The van der Waals surface area contributed by atoms with Crippen LogP contribution in [0.3, 0.4) is 0 Å². The number of ether oxygens (including phenoxy) is 2. The number of amides is 1. The minimum absolute atomic E-state index is 0.00308. The van der Waals surface area contributed by atoms with Gasteiger partial charge in [-0.3, -0.25) is 0 Å². The van der Waals surface area contributed by atoms with Crippen molar-refractivity contribution >= 4 is 12.1 Å². The van der Waals surface area contributed by atoms with Gasteiger partial charge in [-0.1, -0.05) is 30.3 Å². The molecule has 1 aromatic carbocycles. The Bertz CT molecular complexity index is 561. The van der Waals surface area contributed by atoms with Gasteiger partial charge >= 0.3 is 12.1 Å². The van der Waals surface area contributed by atoms with Gasteiger partial charge in [-0.05, 0) is 24.3 Å². The fraction of sp³-hybridized carbons (Fsp3) is 0.529. The van der Waals surface area contributed by atoms with Crippen LogP contribution in [0.25, 0.3) is 0 Å². The van der Waals surface area contributed by atoms with Crippen LogP contribution in [-0.4, -0.2) is 31.1 Å². The third-order valence-electron chi connectivity index (χ3n) is 3.78. The molecule has 1 fully saturated rings. The van der Waals surface area contributed by atoms with E-state index in [1.807, 2.05) is 6.07 Å². The number of methoxy groups -OCH3 is 1. The summed E-state index contributed by atoms with van der Waals surface area (Å²) in [5.74, 6) is -3.95. The van der Waals surface area contributed by atoms with E-state index in [1.54, 1.807) is 24.3 Å². The van der Waals surface area contributed by atoms with Gasteiger partial charge in [0.05, 0.1) is 7.11 Å². The van der Waals surface area contributed by atoms with Gasteiger partial charge in [-0.2, -0.15) is 0 Å². The van der Waals surface area contributed by atoms with E-state index in [-0.39, 0.29) is 18.9 Å². The van der Waals surface area contributed by atoms with Crippen molar-refractivity contribution in [1.29, 1.82) is 0 Å². The summed E-state index contributed by atoms with van der Waals surface area (Å²) in [6.07, 6.45) is -0.440. The molecule has 0 spiro atoms. The highest BCUT2D eigenvalue weighted by Gasteiger charge is 2.41. The molecule has 1 N–H and O–H groups in total. The fourth-order valence-corrected chi connectivity index (χ4v) is 2.37. The number of benzene rings is 1. The van der Waals surface area contributed by atoms with Crippen LogP contribution in [0.2, 0.25) is 0 Å². The van der Waals surface area contributed by atoms with Gasteiger partial charge in [0.1, 0.15) is 12.6 Å². The van der Waals surface area contributed by atoms with Gasteiger partial charge in [0, 0.05) is 12.8 Å². The molecule has 0 aliphatic heterocycles. The number of alkyl halides is 2. The van der Waals surface area contributed by atoms with Crippen molar-refractivity contribution in [3.8, 4) is 0 Å². The molecule has 0 unspecified atom stereocenters. The standard InChI is InChI=1S/C17H21F2NO4/c1-23-15(21)14(10-17(18,19)9-12-7-8-12)20-16(22)24-11-13-5-3-2-4-6-13/h2-6,12,14H,7-11H2,1H3,(H,20,22)/t14-/m0/s1. The lowest BCUT2D eigenvalue weighted by Gasteiger charge is -2.22. The molecule has 132 valence electrons. The molecule has 1 saturated carbocycles. The van der Waals surface area contributed by atoms with E-state index in [1.165, 1.54) is 0 Å². The number of alkyl carbamates (subject to hydrolysis) is 1. The third-order valence-corrected chi connectivity index (χ3v) is 3.78. The zero-order valence-corrected chi connectivity index (χ0v) is 13.5. The minimum atomic E-state index is -3.03. The van der Waals surface area contributed by atoms with E-state index in [9.17, 15) is 18.4 Å². The van der Waals surface area contributed by atoms with Gasteiger partial charge in [0.15, 0.2) is 0 Å². The number of carbonyl (C=O) groups excluding carboxylic acids is 2. The molecular weight excluding hydrogens is 320 g/mol. The zero-order valence-electron chi connectivity index (χ0n) is 13.5. The van der Waals surface area contributed by atoms with E-state index in [0.717, 1.165) is 25.5 Å². The third kappa shape index (κ3) is 6.14. The number of hydrogen-bond donors (Lipinski definition) is 1. The lowest BCUT2D eigenvalue weighted by Crippen LogP contribution is -2.45. The first-order valence-corrected chi connectivity index (χ1v) is 7.82. The lowest BCUT2D eigenvalue weighted by atomic mass is 10.0. The molecule has 1 aromatic rings. The lowest BCUT2D eigenvalue weighted by molar-refractivity contribution is -0.146. The highest BCUT2D eigenvalue weighted by Crippen LogP contribution is 2.40. The maximum absolute atomic E-state index is 14.0. The molecule has 1 aliphatic carbocycles. The van der Waals surface area contributed by atoms with Gasteiger partial charge in [-0.15, -0.1) is 0 Å². The number of halogens is 2. The Labute approximate surface area is 139 Å². The van der Waals surface area contributed by atoms with Gasteiger partial charge in [0.25, 0.3) is 5.92 Å². The Morgan fingerprint density at radius 3 is 2.54 bits per heavy atom. The second kappa shape index (κ2) is 8.08. The van der Waals surface area contributed by atoms with Crippen LogP contribution in [0.1, 0.15) is 31.2 Å². The predicted octanol–water partition coefficient (Wildman–Crippen LogP) is 3.28. The van der Waals surface area contributed by atoms with E-state index < -0.39 is 30.4 Å². The molecular formula is C17H21F2NO4. The first kappa shape index (κ1) is 18.2. The summed E-state index contributed by atoms with van der Waals surface area (Å²) in [7, 11) is 1.09. The van der Waals surface area contributed by atoms with E-state index in [0.29, 0.717) is 0 Å². The number of nitrogens with one attached hydrogen (secondary N) is 1. The topological polar surface area (TPSA) is 64.6 Å². The summed E-state index contributed by atoms with van der Waals surface area (Å²) in [4.78, 5) is 23.5. The largest absolute Gasteiger partial charge is 0.467 e. The Morgan fingerprint density at radius 1 is 1.29 bits per heavy atom. The number of rotatable bonds is 8. The molecule has 0 heterocycles. The highest BCUT2D eigenvalue weighted by atomic mass is 19.3. The molecule has 0 saturated heterocycles. The monoisotopic (exact) mass is 341 g/mol. The van der Waals surface area contributed by atoms with Crippen molar-refractivity contribution < 1.29 is 27.8 Å². The minimum Gasteiger partial charge on any atom is -0.467 e. The molecule has 0 bridgehead atoms. The van der Waals surface area contributed by atoms with Crippen molar-refractivity contribution in [2.75, 3.05) is 7.11 Å². The van der Waals surface area contributed by atoms with Crippen LogP contribution in [0, 0.1) is 5.92 Å². The van der Waals surface area contributed by atoms with Gasteiger partial charge < -0.3 is 14.8 Å². The quantitative estimate of drug-likeness (QED) is 0.737. The average molecular weight is 341 g/mol. The van der Waals surface area contributed by atoms with Crippen molar-refractivity contribution in [1.82, 2.24) is 5.32 Å². The smallest absolute Gasteiger partial charge is 0.408 e. The van der Waals surface area contributed by atoms with Crippen LogP contribution in [-0.2, 0) is 20.9 Å². The Morgan fingerprint density at radius 2 is 1.96 bits per heavy atom. The second-order valence-electron chi connectivity index (χ2n) is 5.99. The van der Waals surface area contributed by atoms with Crippen LogP contribution in [0.15, 0.2) is 30.3 Å². The molecule has 5 nitrogen and oxygen atoms in total. The maximum atomic E-state index is 14.0. The molecule has 1 aliphatic rings. The summed E-state index contributed by atoms with van der Waals surface area (Å²) in [5.41, 5.74) is 0.751. The maximum Gasteiger partial charge on any atom is 0.408 e. The molecule has 1 amide bonds. The Balaban J connectivity index is 1.87. The highest BCUT2D eigenvalue weighted by molar-refractivity contribution is 5.81. The van der Waals surface area contributed by atoms with Crippen molar-refractivity contribution in [3.63, 3.8) is 0 Å². The van der Waals surface area contributed by atoms with Gasteiger partial charge in [-0.25, -0.2) is 18.4 Å². The summed E-state index contributed by atoms with van der Waals surface area (Å²) < 4.78 is 37.4. The SMILES string of the molecule is COC(=O)[C@H](CC(F)(F)CC1CC1)NC(=O)OCc1ccccc1. The van der Waals surface area contributed by atoms with Crippen molar-refractivity contribution in [2.45, 2.75) is 44.3 Å². The second-order valence-corrected chi connectivity index (χ2v) is 5.99. The summed E-state index contributed by atoms with van der Waals surface area (Å²) >= 11 is 0. The van der Waals surface area contributed by atoms with Crippen molar-refractivity contribution in [2.24, 2.45) is 5.92 Å². The van der Waals surface area contributed by atoms with Crippen LogP contribution >= 0.6 is 0 Å². The zero-order chi connectivity index (χ0) is 17.6. The first-order chi connectivity index (χ1) is 11.4. The number of carbonyl (C=O) groups is 2. The molecule has 7 heteroatoms. The first-order valence-electron chi connectivity index (χ1n) is 7.82. The van der Waals surface area contributed by atoms with Crippen LogP contribution in [0.4, 0.5) is 13.6 Å². The van der Waals surface area contributed by atoms with Crippen molar-refractivity contribution in [3.05, 3.63) is 35.9 Å². The molecule has 1 atom stereocenters. The predicted molar refractivity (Wildman–Crippen MR) is 82.5 cm³/mol. The average Bonchev–Trinajstić information content (AvgIpc) is 3.35. The van der Waals surface area contributed by atoms with Gasteiger partial charge in [0.2, 0.25) is 0 Å². The number of esters is 1. The molecule has 24 heavy (non-hydrogen) atoms. The normalized spacial score (nSPS) is 15.5. The Kier molecular flexibility index (Phi) is 6.11. The summed E-state index contributed by atoms with van der Waals surface area (Å²) in [5, 5.41) is 2.17. The van der Waals surface area contributed by atoms with Crippen LogP contribution < -0.4 is 5.32 Å². The van der Waals surface area contributed by atoms with E-state index >= 15 is 0 Å². The van der Waals surface area contributed by atoms with E-state index in [4.69, 9.17) is 4.74 Å². The van der Waals surface area contributed by atoms with E-state index in [2.05, 4.69) is 10.1 Å². The van der Waals surface area contributed by atoms with Crippen LogP contribution in [0.5, 0.6) is 0 Å². The Hall–Kier alpha value is -2.18. The summed E-state index contributed by atoms with van der Waals surface area (Å²) in [6, 6.07) is 7.47. The summed E-state index contributed by atoms with van der Waals surface area (Å²) in [6.45, 7) is -0.0148. The molecule has 0 aromatic heterocycles. The fourth-order valence-electron chi connectivity index (χ4n) is 2.37. The number of hydrogen-bond acceptors (Lipinski definition) is 4. The molecule has 2 rings (SSSR count). The molecule has 0 radical (unpaired) electrons.